The van der Waals surface area contributed by atoms with Crippen LogP contribution in [0.4, 0.5) is 0 Å². The first-order chi connectivity index (χ1) is 7.20. The molecule has 0 aliphatic heterocycles. The van der Waals surface area contributed by atoms with Gasteiger partial charge in [-0.3, -0.25) is 4.79 Å². The summed E-state index contributed by atoms with van der Waals surface area (Å²) in [4.78, 5) is 19.8. The van der Waals surface area contributed by atoms with Gasteiger partial charge in [0.15, 0.2) is 5.65 Å². The molecule has 0 radical (unpaired) electrons. The van der Waals surface area contributed by atoms with E-state index in [9.17, 15) is 4.79 Å². The topological polar surface area (TPSA) is 54.9 Å². The average molecular weight is 201 g/mol. The summed E-state index contributed by atoms with van der Waals surface area (Å²) in [5.74, 6) is -0.134. The molecule has 0 aliphatic rings. The molecular weight excluding hydrogens is 190 g/mol. The molecule has 0 unspecified atom stereocenters. The maximum Gasteiger partial charge on any atom is 0.252 e. The molecule has 0 saturated heterocycles. The molecule has 0 aliphatic carbocycles. The predicted molar refractivity (Wildman–Crippen MR) is 57.7 cm³/mol. The van der Waals surface area contributed by atoms with Crippen molar-refractivity contribution in [1.29, 1.82) is 0 Å². The zero-order chi connectivity index (χ0) is 10.8. The van der Waals surface area contributed by atoms with Gasteiger partial charge in [0, 0.05) is 24.3 Å². The zero-order valence-electron chi connectivity index (χ0n) is 8.61. The second-order valence-electron chi connectivity index (χ2n) is 3.30. The van der Waals surface area contributed by atoms with E-state index in [0.29, 0.717) is 11.2 Å². The minimum Gasteiger partial charge on any atom is -0.355 e. The SMILES string of the molecule is CNC(=O)c1cnc2nc(C)ccc2c1. The Morgan fingerprint density at radius 1 is 1.40 bits per heavy atom. The Balaban J connectivity index is 2.57. The summed E-state index contributed by atoms with van der Waals surface area (Å²) >= 11 is 0. The fourth-order valence-corrected chi connectivity index (χ4v) is 1.37. The number of nitrogens with zero attached hydrogens (tertiary/aromatic N) is 2. The predicted octanol–water partition coefficient (Wildman–Crippen LogP) is 1.30. The van der Waals surface area contributed by atoms with Crippen LogP contribution in [0.15, 0.2) is 24.4 Å². The number of pyridine rings is 2. The minimum atomic E-state index is -0.134. The lowest BCUT2D eigenvalue weighted by Crippen LogP contribution is -2.17. The van der Waals surface area contributed by atoms with Crippen molar-refractivity contribution in [3.05, 3.63) is 35.7 Å². The summed E-state index contributed by atoms with van der Waals surface area (Å²) in [6, 6.07) is 5.60. The van der Waals surface area contributed by atoms with Crippen molar-refractivity contribution in [1.82, 2.24) is 15.3 Å². The summed E-state index contributed by atoms with van der Waals surface area (Å²) in [6.45, 7) is 1.91. The van der Waals surface area contributed by atoms with Crippen molar-refractivity contribution in [3.63, 3.8) is 0 Å². The Labute approximate surface area is 87.4 Å². The summed E-state index contributed by atoms with van der Waals surface area (Å²) in [7, 11) is 1.60. The van der Waals surface area contributed by atoms with E-state index in [1.807, 2.05) is 19.1 Å². The van der Waals surface area contributed by atoms with Crippen molar-refractivity contribution >= 4 is 16.9 Å². The van der Waals surface area contributed by atoms with Gasteiger partial charge in [-0.05, 0) is 25.1 Å². The Hall–Kier alpha value is -1.97. The Morgan fingerprint density at radius 2 is 2.20 bits per heavy atom. The molecule has 0 atom stereocenters. The summed E-state index contributed by atoms with van der Waals surface area (Å²) in [5.41, 5.74) is 2.14. The molecule has 15 heavy (non-hydrogen) atoms. The van der Waals surface area contributed by atoms with Crippen LogP contribution < -0.4 is 5.32 Å². The average Bonchev–Trinajstić information content (AvgIpc) is 2.27. The van der Waals surface area contributed by atoms with E-state index in [1.54, 1.807) is 13.1 Å². The summed E-state index contributed by atoms with van der Waals surface area (Å²) in [6.07, 6.45) is 1.54. The third-order valence-electron chi connectivity index (χ3n) is 2.17. The standard InChI is InChI=1S/C11H11N3O/c1-7-3-4-8-5-9(11(15)12-2)6-13-10(8)14-7/h3-6H,1-2H3,(H,12,15). The van der Waals surface area contributed by atoms with Gasteiger partial charge in [0.2, 0.25) is 0 Å². The molecule has 4 nitrogen and oxygen atoms in total. The van der Waals surface area contributed by atoms with E-state index in [-0.39, 0.29) is 5.91 Å². The minimum absolute atomic E-state index is 0.134. The molecule has 2 rings (SSSR count). The first-order valence-electron chi connectivity index (χ1n) is 4.66. The van der Waals surface area contributed by atoms with Crippen LogP contribution in [0.2, 0.25) is 0 Å². The van der Waals surface area contributed by atoms with Crippen LogP contribution >= 0.6 is 0 Å². The highest BCUT2D eigenvalue weighted by atomic mass is 16.1. The maximum atomic E-state index is 11.4. The molecule has 76 valence electrons. The van der Waals surface area contributed by atoms with Crippen LogP contribution in [0.25, 0.3) is 11.0 Å². The number of fused-ring (bicyclic) bond motifs is 1. The van der Waals surface area contributed by atoms with E-state index < -0.39 is 0 Å². The second-order valence-corrected chi connectivity index (χ2v) is 3.30. The van der Waals surface area contributed by atoms with E-state index >= 15 is 0 Å². The molecule has 2 aromatic heterocycles. The van der Waals surface area contributed by atoms with Gasteiger partial charge in [0.25, 0.3) is 5.91 Å². The lowest BCUT2D eigenvalue weighted by molar-refractivity contribution is 0.0963. The quantitative estimate of drug-likeness (QED) is 0.756. The number of rotatable bonds is 1. The lowest BCUT2D eigenvalue weighted by atomic mass is 10.2. The van der Waals surface area contributed by atoms with Crippen molar-refractivity contribution in [2.75, 3.05) is 7.05 Å². The van der Waals surface area contributed by atoms with Crippen LogP contribution in [-0.4, -0.2) is 22.9 Å². The van der Waals surface area contributed by atoms with Crippen molar-refractivity contribution in [2.45, 2.75) is 6.92 Å². The van der Waals surface area contributed by atoms with Crippen LogP contribution in [0.5, 0.6) is 0 Å². The third-order valence-corrected chi connectivity index (χ3v) is 2.17. The van der Waals surface area contributed by atoms with Crippen LogP contribution in [0, 0.1) is 6.92 Å². The molecular formula is C11H11N3O. The molecule has 0 saturated carbocycles. The van der Waals surface area contributed by atoms with E-state index in [2.05, 4.69) is 15.3 Å². The number of aromatic nitrogens is 2. The third kappa shape index (κ3) is 1.79. The fraction of sp³-hybridized carbons (Fsp3) is 0.182. The number of amides is 1. The van der Waals surface area contributed by atoms with Crippen LogP contribution in [0.3, 0.4) is 0 Å². The summed E-state index contributed by atoms with van der Waals surface area (Å²) in [5, 5.41) is 3.43. The zero-order valence-corrected chi connectivity index (χ0v) is 8.61. The molecule has 2 heterocycles. The van der Waals surface area contributed by atoms with Crippen molar-refractivity contribution in [3.8, 4) is 0 Å². The van der Waals surface area contributed by atoms with Crippen LogP contribution in [-0.2, 0) is 0 Å². The molecule has 2 aromatic rings. The number of carbonyl (C=O) groups excluding carboxylic acids is 1. The van der Waals surface area contributed by atoms with Gasteiger partial charge in [-0.15, -0.1) is 0 Å². The maximum absolute atomic E-state index is 11.4. The molecule has 0 fully saturated rings. The monoisotopic (exact) mass is 201 g/mol. The fourth-order valence-electron chi connectivity index (χ4n) is 1.37. The molecule has 0 aromatic carbocycles. The van der Waals surface area contributed by atoms with Crippen molar-refractivity contribution < 1.29 is 4.79 Å². The number of hydrogen-bond donors (Lipinski definition) is 1. The number of hydrogen-bond acceptors (Lipinski definition) is 3. The first kappa shape index (κ1) is 9.58. The number of carbonyl (C=O) groups is 1. The van der Waals surface area contributed by atoms with E-state index in [0.717, 1.165) is 11.1 Å². The van der Waals surface area contributed by atoms with Gasteiger partial charge in [0.1, 0.15) is 0 Å². The molecule has 0 bridgehead atoms. The number of nitrogens with one attached hydrogen (secondary N) is 1. The van der Waals surface area contributed by atoms with Gasteiger partial charge in [-0.2, -0.15) is 0 Å². The highest BCUT2D eigenvalue weighted by Gasteiger charge is 2.05. The smallest absolute Gasteiger partial charge is 0.252 e. The number of aryl methyl sites for hydroxylation is 1. The molecule has 1 N–H and O–H groups in total. The molecule has 0 spiro atoms. The van der Waals surface area contributed by atoms with E-state index in [4.69, 9.17) is 0 Å². The van der Waals surface area contributed by atoms with Crippen LogP contribution in [0.1, 0.15) is 16.1 Å². The largest absolute Gasteiger partial charge is 0.355 e. The highest BCUT2D eigenvalue weighted by molar-refractivity contribution is 5.96. The Morgan fingerprint density at radius 3 is 2.93 bits per heavy atom. The van der Waals surface area contributed by atoms with Gasteiger partial charge < -0.3 is 5.32 Å². The second kappa shape index (κ2) is 3.65. The van der Waals surface area contributed by atoms with Gasteiger partial charge in [0.05, 0.1) is 5.56 Å². The summed E-state index contributed by atoms with van der Waals surface area (Å²) < 4.78 is 0. The Kier molecular flexibility index (Phi) is 2.33. The molecule has 4 heteroatoms. The van der Waals surface area contributed by atoms with Crippen molar-refractivity contribution in [2.24, 2.45) is 0 Å². The normalized spacial score (nSPS) is 10.3. The van der Waals surface area contributed by atoms with Gasteiger partial charge >= 0.3 is 0 Å². The van der Waals surface area contributed by atoms with Gasteiger partial charge in [-0.1, -0.05) is 0 Å². The first-order valence-corrected chi connectivity index (χ1v) is 4.66. The Bertz CT molecular complexity index is 522. The van der Waals surface area contributed by atoms with Gasteiger partial charge in [-0.25, -0.2) is 9.97 Å². The highest BCUT2D eigenvalue weighted by Crippen LogP contribution is 2.11. The molecule has 1 amide bonds. The van der Waals surface area contributed by atoms with E-state index in [1.165, 1.54) is 6.20 Å². The lowest BCUT2D eigenvalue weighted by Gasteiger charge is -2.01.